The van der Waals surface area contributed by atoms with Gasteiger partial charge < -0.3 is 9.84 Å². The van der Waals surface area contributed by atoms with Crippen LogP contribution in [0.2, 0.25) is 5.02 Å². The van der Waals surface area contributed by atoms with Gasteiger partial charge in [0.05, 0.1) is 9.95 Å². The van der Waals surface area contributed by atoms with Crippen LogP contribution in [0, 0.1) is 10.1 Å². The third kappa shape index (κ3) is 3.50. The topological polar surface area (TPSA) is 89.7 Å². The fraction of sp³-hybridized carbons (Fsp3) is 0. The maximum Gasteiger partial charge on any atom is 0.339 e. The maximum atomic E-state index is 11.2. The number of nitro benzene ring substituents is 1. The van der Waals surface area contributed by atoms with Gasteiger partial charge in [-0.15, -0.1) is 0 Å². The van der Waals surface area contributed by atoms with Crippen LogP contribution in [0.5, 0.6) is 11.5 Å². The Kier molecular flexibility index (Phi) is 4.44. The minimum atomic E-state index is -1.37. The van der Waals surface area contributed by atoms with E-state index in [2.05, 4.69) is 15.9 Å². The van der Waals surface area contributed by atoms with Gasteiger partial charge in [-0.05, 0) is 18.2 Å². The maximum absolute atomic E-state index is 11.2. The molecule has 0 saturated carbocycles. The van der Waals surface area contributed by atoms with Crippen LogP contribution >= 0.6 is 27.5 Å². The van der Waals surface area contributed by atoms with Crippen molar-refractivity contribution in [3.63, 3.8) is 0 Å². The van der Waals surface area contributed by atoms with Gasteiger partial charge in [-0.2, -0.15) is 0 Å². The molecule has 2 aromatic rings. The summed E-state index contributed by atoms with van der Waals surface area (Å²) in [5.41, 5.74) is -0.798. The number of nitro groups is 1. The number of carboxylic acid groups (broad SMARTS) is 1. The van der Waals surface area contributed by atoms with E-state index in [9.17, 15) is 14.9 Å². The summed E-state index contributed by atoms with van der Waals surface area (Å²) in [5, 5.41) is 19.8. The lowest BCUT2D eigenvalue weighted by molar-refractivity contribution is -0.384. The fourth-order valence-corrected chi connectivity index (χ4v) is 2.23. The Morgan fingerprint density at radius 2 is 2.05 bits per heavy atom. The second-order valence-corrected chi connectivity index (χ2v) is 5.25. The minimum absolute atomic E-state index is 0.145. The molecule has 0 heterocycles. The van der Waals surface area contributed by atoms with Gasteiger partial charge in [0.15, 0.2) is 5.75 Å². The quantitative estimate of drug-likeness (QED) is 0.630. The molecule has 0 amide bonds. The van der Waals surface area contributed by atoms with Gasteiger partial charge in [0, 0.05) is 16.6 Å². The van der Waals surface area contributed by atoms with E-state index in [0.29, 0.717) is 5.75 Å². The lowest BCUT2D eigenvalue weighted by Crippen LogP contribution is -2.02. The molecule has 0 atom stereocenters. The number of halogens is 2. The van der Waals surface area contributed by atoms with Gasteiger partial charge in [0.25, 0.3) is 5.69 Å². The SMILES string of the molecule is O=C(O)c1cc([N+](=O)[O-])cc(Cl)c1Oc1cccc(Br)c1. The third-order valence-electron chi connectivity index (χ3n) is 2.49. The number of nitrogens with zero attached hydrogens (tertiary/aromatic N) is 1. The van der Waals surface area contributed by atoms with Gasteiger partial charge >= 0.3 is 5.97 Å². The lowest BCUT2D eigenvalue weighted by Gasteiger charge is -2.10. The van der Waals surface area contributed by atoms with Gasteiger partial charge in [-0.1, -0.05) is 33.6 Å². The van der Waals surface area contributed by atoms with Crippen molar-refractivity contribution >= 4 is 39.2 Å². The van der Waals surface area contributed by atoms with Gasteiger partial charge in [-0.25, -0.2) is 4.79 Å². The van der Waals surface area contributed by atoms with E-state index in [0.717, 1.165) is 16.6 Å². The normalized spacial score (nSPS) is 10.2. The molecule has 108 valence electrons. The van der Waals surface area contributed by atoms with Crippen LogP contribution in [0.1, 0.15) is 10.4 Å². The fourth-order valence-electron chi connectivity index (χ4n) is 1.60. The zero-order valence-corrected chi connectivity index (χ0v) is 12.6. The molecule has 0 radical (unpaired) electrons. The zero-order valence-electron chi connectivity index (χ0n) is 10.2. The van der Waals surface area contributed by atoms with Crippen molar-refractivity contribution < 1.29 is 19.6 Å². The number of rotatable bonds is 4. The predicted molar refractivity (Wildman–Crippen MR) is 79.3 cm³/mol. The highest BCUT2D eigenvalue weighted by molar-refractivity contribution is 9.10. The Hall–Kier alpha value is -2.12. The summed E-state index contributed by atoms with van der Waals surface area (Å²) in [6.45, 7) is 0. The molecule has 6 nitrogen and oxygen atoms in total. The molecule has 0 fully saturated rings. The molecule has 0 aromatic heterocycles. The van der Waals surface area contributed by atoms with Crippen molar-refractivity contribution in [3.05, 3.63) is 61.6 Å². The molecule has 8 heteroatoms. The van der Waals surface area contributed by atoms with Crippen LogP contribution in [0.15, 0.2) is 40.9 Å². The molecule has 0 unspecified atom stereocenters. The van der Waals surface area contributed by atoms with Crippen LogP contribution < -0.4 is 4.74 Å². The molecular formula is C13H7BrClNO5. The second kappa shape index (κ2) is 6.11. The van der Waals surface area contributed by atoms with E-state index in [4.69, 9.17) is 21.4 Å². The third-order valence-corrected chi connectivity index (χ3v) is 3.26. The highest BCUT2D eigenvalue weighted by Gasteiger charge is 2.22. The first kappa shape index (κ1) is 15.3. The number of carboxylic acids is 1. The number of non-ortho nitro benzene ring substituents is 1. The number of ether oxygens (including phenoxy) is 1. The Balaban J connectivity index is 2.52. The number of carbonyl (C=O) groups is 1. The molecule has 0 aliphatic rings. The summed E-state index contributed by atoms with van der Waals surface area (Å²) < 4.78 is 6.18. The first-order valence-corrected chi connectivity index (χ1v) is 6.70. The molecule has 0 aliphatic heterocycles. The van der Waals surface area contributed by atoms with Gasteiger partial charge in [0.2, 0.25) is 0 Å². The van der Waals surface area contributed by atoms with E-state index in [1.54, 1.807) is 24.3 Å². The summed E-state index contributed by atoms with van der Waals surface area (Å²) in [4.78, 5) is 21.3. The number of aromatic carboxylic acids is 1. The Bertz CT molecular complexity index is 734. The van der Waals surface area contributed by atoms with Crippen molar-refractivity contribution in [1.82, 2.24) is 0 Å². The smallest absolute Gasteiger partial charge is 0.339 e. The highest BCUT2D eigenvalue weighted by atomic mass is 79.9. The van der Waals surface area contributed by atoms with Crippen molar-refractivity contribution in [2.75, 3.05) is 0 Å². The minimum Gasteiger partial charge on any atom is -0.478 e. The zero-order chi connectivity index (χ0) is 15.6. The van der Waals surface area contributed by atoms with E-state index < -0.39 is 16.6 Å². The van der Waals surface area contributed by atoms with Crippen LogP contribution in [0.3, 0.4) is 0 Å². The molecule has 1 N–H and O–H groups in total. The first-order chi connectivity index (χ1) is 9.88. The van der Waals surface area contributed by atoms with Crippen LogP contribution in [-0.4, -0.2) is 16.0 Å². The average Bonchev–Trinajstić information content (AvgIpc) is 2.40. The largest absolute Gasteiger partial charge is 0.478 e. The summed E-state index contributed by atoms with van der Waals surface area (Å²) >= 11 is 9.16. The van der Waals surface area contributed by atoms with Crippen molar-refractivity contribution in [2.24, 2.45) is 0 Å². The Morgan fingerprint density at radius 3 is 2.62 bits per heavy atom. The number of hydrogen-bond donors (Lipinski definition) is 1. The van der Waals surface area contributed by atoms with Gasteiger partial charge in [0.1, 0.15) is 11.3 Å². The second-order valence-electron chi connectivity index (χ2n) is 3.93. The average molecular weight is 373 g/mol. The lowest BCUT2D eigenvalue weighted by atomic mass is 10.1. The van der Waals surface area contributed by atoms with Crippen molar-refractivity contribution in [1.29, 1.82) is 0 Å². The summed E-state index contributed by atoms with van der Waals surface area (Å²) in [7, 11) is 0. The van der Waals surface area contributed by atoms with E-state index >= 15 is 0 Å². The molecule has 2 aromatic carbocycles. The van der Waals surface area contributed by atoms with E-state index in [-0.39, 0.29) is 16.3 Å². The standard InChI is InChI=1S/C13H7BrClNO5/c14-7-2-1-3-9(4-7)21-12-10(13(17)18)5-8(16(19)20)6-11(12)15/h1-6H,(H,17,18). The summed E-state index contributed by atoms with van der Waals surface area (Å²) in [6.07, 6.45) is 0. The Labute approximate surface area is 132 Å². The Morgan fingerprint density at radius 1 is 1.33 bits per heavy atom. The molecule has 0 aliphatic carbocycles. The number of hydrogen-bond acceptors (Lipinski definition) is 4. The van der Waals surface area contributed by atoms with E-state index in [1.807, 2.05) is 0 Å². The van der Waals surface area contributed by atoms with Crippen LogP contribution in [0.4, 0.5) is 5.69 Å². The molecule has 0 saturated heterocycles. The number of benzene rings is 2. The van der Waals surface area contributed by atoms with E-state index in [1.165, 1.54) is 0 Å². The van der Waals surface area contributed by atoms with Gasteiger partial charge in [-0.3, -0.25) is 10.1 Å². The van der Waals surface area contributed by atoms with Crippen LogP contribution in [0.25, 0.3) is 0 Å². The molecule has 0 bridgehead atoms. The molecular weight excluding hydrogens is 366 g/mol. The van der Waals surface area contributed by atoms with Crippen LogP contribution in [-0.2, 0) is 0 Å². The predicted octanol–water partition coefficient (Wildman–Crippen LogP) is 4.50. The molecule has 2 rings (SSSR count). The van der Waals surface area contributed by atoms with Crippen molar-refractivity contribution in [3.8, 4) is 11.5 Å². The van der Waals surface area contributed by atoms with Crippen molar-refractivity contribution in [2.45, 2.75) is 0 Å². The summed E-state index contributed by atoms with van der Waals surface area (Å²) in [5.74, 6) is -1.17. The summed E-state index contributed by atoms with van der Waals surface area (Å²) in [6, 6.07) is 8.63. The highest BCUT2D eigenvalue weighted by Crippen LogP contribution is 2.37. The molecule has 0 spiro atoms. The molecule has 21 heavy (non-hydrogen) atoms. The monoisotopic (exact) mass is 371 g/mol. The first-order valence-electron chi connectivity index (χ1n) is 5.53.